The Balaban J connectivity index is 2.14. The van der Waals surface area contributed by atoms with Gasteiger partial charge in [0.2, 0.25) is 0 Å². The monoisotopic (exact) mass is 350 g/mol. The smallest absolute Gasteiger partial charge is 0.264 e. The van der Waals surface area contributed by atoms with Gasteiger partial charge in [-0.1, -0.05) is 18.2 Å². The third-order valence-electron chi connectivity index (χ3n) is 3.20. The van der Waals surface area contributed by atoms with Crippen LogP contribution in [0, 0.1) is 5.92 Å². The molecule has 1 heterocycles. The van der Waals surface area contributed by atoms with Gasteiger partial charge >= 0.3 is 0 Å². The lowest BCUT2D eigenvalue weighted by molar-refractivity contribution is 0.0443. The van der Waals surface area contributed by atoms with E-state index in [-0.39, 0.29) is 19.1 Å². The van der Waals surface area contributed by atoms with Crippen molar-refractivity contribution in [2.24, 2.45) is 5.92 Å². The Morgan fingerprint density at radius 1 is 1.05 bits per heavy atom. The fraction of sp³-hybridized carbons (Fsp3) is 0.538. The summed E-state index contributed by atoms with van der Waals surface area (Å²) in [4.78, 5) is 0. The lowest BCUT2D eigenvalue weighted by atomic mass is 9.92. The molecule has 0 aromatic heterocycles. The molecule has 0 N–H and O–H groups in total. The summed E-state index contributed by atoms with van der Waals surface area (Å²) < 4.78 is 59.9. The Morgan fingerprint density at radius 2 is 1.64 bits per heavy atom. The van der Waals surface area contributed by atoms with Gasteiger partial charge in [-0.05, 0) is 18.1 Å². The minimum absolute atomic E-state index is 0.0923. The Hall–Kier alpha value is -1.16. The van der Waals surface area contributed by atoms with Gasteiger partial charge in [-0.2, -0.15) is 16.8 Å². The third-order valence-corrected chi connectivity index (χ3v) is 4.33. The van der Waals surface area contributed by atoms with Gasteiger partial charge in [-0.3, -0.25) is 8.37 Å². The number of benzene rings is 1. The maximum Gasteiger partial charge on any atom is 0.264 e. The fourth-order valence-electron chi connectivity index (χ4n) is 2.20. The quantitative estimate of drug-likeness (QED) is 0.692. The molecule has 0 aliphatic carbocycles. The van der Waals surface area contributed by atoms with Crippen LogP contribution in [0.1, 0.15) is 5.56 Å². The van der Waals surface area contributed by atoms with Crippen LogP contribution in [0.4, 0.5) is 0 Å². The number of rotatable bonds is 6. The Kier molecular flexibility index (Phi) is 5.10. The average molecular weight is 350 g/mol. The molecule has 2 unspecified atom stereocenters. The second-order valence-corrected chi connectivity index (χ2v) is 8.49. The van der Waals surface area contributed by atoms with Crippen molar-refractivity contribution in [1.29, 1.82) is 0 Å². The highest BCUT2D eigenvalue weighted by Crippen LogP contribution is 2.31. The predicted molar refractivity (Wildman–Crippen MR) is 79.6 cm³/mol. The minimum atomic E-state index is -3.61. The number of hydrogen-bond donors (Lipinski definition) is 0. The maximum absolute atomic E-state index is 11.2. The van der Waals surface area contributed by atoms with Crippen LogP contribution in [0.2, 0.25) is 0 Å². The highest BCUT2D eigenvalue weighted by molar-refractivity contribution is 7.86. The van der Waals surface area contributed by atoms with Crippen LogP contribution in [0.25, 0.3) is 0 Å². The molecule has 0 bridgehead atoms. The van der Waals surface area contributed by atoms with Crippen molar-refractivity contribution >= 4 is 20.2 Å². The first kappa shape index (κ1) is 17.2. The minimum Gasteiger partial charge on any atom is -0.487 e. The number of fused-ring (bicyclic) bond motifs is 1. The molecule has 1 aliphatic rings. The third kappa shape index (κ3) is 5.24. The first-order chi connectivity index (χ1) is 10.1. The molecule has 2 rings (SSSR count). The van der Waals surface area contributed by atoms with Gasteiger partial charge in [0.1, 0.15) is 18.5 Å². The molecule has 7 nitrogen and oxygen atoms in total. The van der Waals surface area contributed by atoms with Crippen LogP contribution in [0.15, 0.2) is 24.3 Å². The van der Waals surface area contributed by atoms with Crippen molar-refractivity contribution < 1.29 is 29.9 Å². The zero-order valence-corrected chi connectivity index (χ0v) is 13.9. The normalized spacial score (nSPS) is 21.9. The van der Waals surface area contributed by atoms with E-state index in [9.17, 15) is 16.8 Å². The lowest BCUT2D eigenvalue weighted by Gasteiger charge is -2.32. The van der Waals surface area contributed by atoms with E-state index in [1.165, 1.54) is 0 Å². The summed E-state index contributed by atoms with van der Waals surface area (Å²) in [5.41, 5.74) is 0.917. The standard InChI is InChI=1S/C13H18O7S2/c1-21(14,15)18-8-11-7-10-5-3-4-6-12(10)20-13(11)9-19-22(2,16)17/h3-6,11,13H,7-9H2,1-2H3. The number of ether oxygens (including phenoxy) is 1. The van der Waals surface area contributed by atoms with E-state index in [4.69, 9.17) is 13.1 Å². The molecule has 0 amide bonds. The van der Waals surface area contributed by atoms with Gasteiger partial charge in [0, 0.05) is 5.92 Å². The van der Waals surface area contributed by atoms with Crippen molar-refractivity contribution in [2.45, 2.75) is 12.5 Å². The summed E-state index contributed by atoms with van der Waals surface area (Å²) in [6, 6.07) is 7.30. The van der Waals surface area contributed by atoms with Gasteiger partial charge in [-0.25, -0.2) is 0 Å². The zero-order valence-electron chi connectivity index (χ0n) is 12.3. The molecule has 2 atom stereocenters. The van der Waals surface area contributed by atoms with E-state index >= 15 is 0 Å². The van der Waals surface area contributed by atoms with Crippen molar-refractivity contribution in [2.75, 3.05) is 25.7 Å². The van der Waals surface area contributed by atoms with Gasteiger partial charge in [0.15, 0.2) is 0 Å². The molecule has 124 valence electrons. The van der Waals surface area contributed by atoms with Gasteiger partial charge < -0.3 is 4.74 Å². The fourth-order valence-corrected chi connectivity index (χ4v) is 3.00. The first-order valence-corrected chi connectivity index (χ1v) is 10.2. The summed E-state index contributed by atoms with van der Waals surface area (Å²) in [5.74, 6) is 0.312. The molecule has 0 radical (unpaired) electrons. The molecular formula is C13H18O7S2. The molecule has 22 heavy (non-hydrogen) atoms. The number of para-hydroxylation sites is 1. The van der Waals surface area contributed by atoms with E-state index < -0.39 is 26.3 Å². The summed E-state index contributed by atoms with van der Waals surface area (Å²) in [6.07, 6.45) is 1.83. The summed E-state index contributed by atoms with van der Waals surface area (Å²) in [5, 5.41) is 0. The second kappa shape index (κ2) is 6.53. The predicted octanol–water partition coefficient (Wildman–Crippen LogP) is 0.559. The summed E-state index contributed by atoms with van der Waals surface area (Å²) >= 11 is 0. The van der Waals surface area contributed by atoms with Crippen LogP contribution in [0.3, 0.4) is 0 Å². The van der Waals surface area contributed by atoms with E-state index in [1.54, 1.807) is 12.1 Å². The molecular weight excluding hydrogens is 332 g/mol. The molecule has 9 heteroatoms. The highest BCUT2D eigenvalue weighted by atomic mass is 32.2. The van der Waals surface area contributed by atoms with Crippen LogP contribution < -0.4 is 4.74 Å². The van der Waals surface area contributed by atoms with Gasteiger partial charge in [0.05, 0.1) is 19.1 Å². The zero-order chi connectivity index (χ0) is 16.4. The molecule has 1 aromatic carbocycles. The summed E-state index contributed by atoms with van der Waals surface area (Å²) in [7, 11) is -7.19. The Morgan fingerprint density at radius 3 is 2.27 bits per heavy atom. The molecule has 1 aromatic rings. The van der Waals surface area contributed by atoms with Crippen LogP contribution in [0.5, 0.6) is 5.75 Å². The average Bonchev–Trinajstić information content (AvgIpc) is 2.40. The summed E-state index contributed by atoms with van der Waals surface area (Å²) in [6.45, 7) is -0.282. The molecule has 1 aliphatic heterocycles. The van der Waals surface area contributed by atoms with Gasteiger partial charge in [0.25, 0.3) is 20.2 Å². The lowest BCUT2D eigenvalue weighted by Crippen LogP contribution is -2.40. The van der Waals surface area contributed by atoms with E-state index in [1.807, 2.05) is 12.1 Å². The maximum atomic E-state index is 11.2. The van der Waals surface area contributed by atoms with Crippen LogP contribution in [-0.2, 0) is 35.0 Å². The van der Waals surface area contributed by atoms with Gasteiger partial charge in [-0.15, -0.1) is 0 Å². The van der Waals surface area contributed by atoms with Crippen LogP contribution >= 0.6 is 0 Å². The van der Waals surface area contributed by atoms with Crippen molar-refractivity contribution in [3.63, 3.8) is 0 Å². The van der Waals surface area contributed by atoms with E-state index in [2.05, 4.69) is 0 Å². The largest absolute Gasteiger partial charge is 0.487 e. The molecule has 0 spiro atoms. The van der Waals surface area contributed by atoms with Crippen molar-refractivity contribution in [3.05, 3.63) is 29.8 Å². The van der Waals surface area contributed by atoms with Crippen molar-refractivity contribution in [1.82, 2.24) is 0 Å². The Bertz CT molecular complexity index is 662. The number of hydrogen-bond acceptors (Lipinski definition) is 7. The van der Waals surface area contributed by atoms with Crippen molar-refractivity contribution in [3.8, 4) is 5.75 Å². The SMILES string of the molecule is CS(=O)(=O)OCC1Cc2ccccc2OC1COS(C)(=O)=O. The second-order valence-electron chi connectivity index (χ2n) is 5.21. The van der Waals surface area contributed by atoms with Crippen LogP contribution in [-0.4, -0.2) is 48.7 Å². The van der Waals surface area contributed by atoms with E-state index in [0.29, 0.717) is 12.2 Å². The van der Waals surface area contributed by atoms with E-state index in [0.717, 1.165) is 18.1 Å². The highest BCUT2D eigenvalue weighted by Gasteiger charge is 2.32. The topological polar surface area (TPSA) is 96.0 Å². The molecule has 0 saturated carbocycles. The molecule has 0 fully saturated rings. The molecule has 0 saturated heterocycles. The first-order valence-electron chi connectivity index (χ1n) is 6.57. The Labute approximate surface area is 130 Å².